The minimum atomic E-state index is -2.94. The van der Waals surface area contributed by atoms with Crippen molar-refractivity contribution in [1.82, 2.24) is 4.68 Å². The van der Waals surface area contributed by atoms with Crippen molar-refractivity contribution < 1.29 is 4.68 Å². The maximum atomic E-state index is 6.46. The van der Waals surface area contributed by atoms with Crippen LogP contribution in [0.2, 0.25) is 15.1 Å². The number of benzene rings is 2. The molecule has 10 heteroatoms. The van der Waals surface area contributed by atoms with Gasteiger partial charge in [-0.1, -0.05) is 57.7 Å². The first-order chi connectivity index (χ1) is 13.0. The number of halogens is 7. The van der Waals surface area contributed by atoms with E-state index in [1.165, 1.54) is 0 Å². The lowest BCUT2D eigenvalue weighted by Crippen LogP contribution is -2.43. The summed E-state index contributed by atoms with van der Waals surface area (Å²) in [5, 5.41) is 1.58. The smallest absolute Gasteiger partial charge is 0.391 e. The Labute approximate surface area is 198 Å². The number of aromatic nitrogens is 2. The van der Waals surface area contributed by atoms with Crippen LogP contribution in [0.15, 0.2) is 48.5 Å². The minimum Gasteiger partial charge on any atom is -0.391 e. The lowest BCUT2D eigenvalue weighted by molar-refractivity contribution is -0.675. The van der Waals surface area contributed by atoms with Crippen LogP contribution in [0.3, 0.4) is 0 Å². The van der Waals surface area contributed by atoms with Crippen molar-refractivity contribution in [3.8, 4) is 16.9 Å². The summed E-state index contributed by atoms with van der Waals surface area (Å²) in [6.07, 6.45) is 0. The van der Waals surface area contributed by atoms with E-state index in [0.717, 1.165) is 29.2 Å². The van der Waals surface area contributed by atoms with Crippen molar-refractivity contribution >= 4 is 84.4 Å². The Morgan fingerprint density at radius 2 is 1.39 bits per heavy atom. The van der Waals surface area contributed by atoms with E-state index in [1.807, 2.05) is 18.2 Å². The highest BCUT2D eigenvalue weighted by atomic mass is 35.9. The van der Waals surface area contributed by atoms with Crippen molar-refractivity contribution in [1.29, 1.82) is 0 Å². The van der Waals surface area contributed by atoms with Crippen LogP contribution in [-0.4, -0.2) is 14.1 Å². The third kappa shape index (κ3) is 6.61. The van der Waals surface area contributed by atoms with Gasteiger partial charge in [-0.15, -0.1) is 0 Å². The van der Waals surface area contributed by atoms with Crippen molar-refractivity contribution in [3.63, 3.8) is 0 Å². The van der Waals surface area contributed by atoms with Crippen molar-refractivity contribution in [2.24, 2.45) is 0 Å². The molecule has 0 N–H and O–H groups in total. The summed E-state index contributed by atoms with van der Waals surface area (Å²) < 4.78 is 4.20. The molecule has 0 bridgehead atoms. The summed E-state index contributed by atoms with van der Waals surface area (Å²) >= 11 is 19.0. The molecule has 2 aromatic carbocycles. The summed E-state index contributed by atoms with van der Waals surface area (Å²) in [4.78, 5) is 0. The topological polar surface area (TPSA) is 8.81 Å². The molecule has 0 aliphatic carbocycles. The van der Waals surface area contributed by atoms with Gasteiger partial charge in [0.25, 0.3) is 5.69 Å². The van der Waals surface area contributed by atoms with Gasteiger partial charge >= 0.3 is 9.39 Å². The highest BCUT2D eigenvalue weighted by Gasteiger charge is 2.29. The Balaban J connectivity index is 0.000000500. The average Bonchev–Trinajstić information content (AvgIpc) is 2.89. The van der Waals surface area contributed by atoms with Crippen molar-refractivity contribution in [3.05, 3.63) is 69.3 Å². The molecule has 0 spiro atoms. The van der Waals surface area contributed by atoms with Gasteiger partial charge in [0.1, 0.15) is 10.0 Å². The molecule has 0 radical (unpaired) electrons. The van der Waals surface area contributed by atoms with Gasteiger partial charge < -0.3 is 40.2 Å². The first-order valence-corrected chi connectivity index (χ1v) is 16.3. The van der Waals surface area contributed by atoms with Gasteiger partial charge in [-0.25, -0.2) is 0 Å². The van der Waals surface area contributed by atoms with E-state index in [-0.39, 0.29) is 0 Å². The van der Waals surface area contributed by atoms with Crippen molar-refractivity contribution in [2.75, 3.05) is 0 Å². The summed E-state index contributed by atoms with van der Waals surface area (Å²) in [5.74, 6) is 0. The Morgan fingerprint density at radius 3 is 1.86 bits per heavy atom. The lowest BCUT2D eigenvalue weighted by Gasteiger charge is -2.07. The molecule has 3 aromatic rings. The molecule has 0 aliphatic rings. The zero-order valence-corrected chi connectivity index (χ0v) is 21.4. The number of rotatable bonds is 3. The molecule has 28 heavy (non-hydrogen) atoms. The van der Waals surface area contributed by atoms with E-state index in [4.69, 9.17) is 75.0 Å². The molecule has 0 saturated heterocycles. The normalized spacial score (nSPS) is 11.2. The molecule has 3 rings (SSSR count). The maximum Gasteiger partial charge on any atom is 0.564 e. The molecular formula is C18H16AlCl7N2. The first kappa shape index (κ1) is 24.5. The van der Waals surface area contributed by atoms with E-state index < -0.39 is 9.39 Å². The molecule has 0 atom stereocenters. The van der Waals surface area contributed by atoms with Gasteiger partial charge in [0.05, 0.1) is 12.2 Å². The Bertz CT molecular complexity index is 924. The molecule has 150 valence electrons. The third-order valence-electron chi connectivity index (χ3n) is 3.78. The Hall–Kier alpha value is 0.212. The zero-order chi connectivity index (χ0) is 21.1. The summed E-state index contributed by atoms with van der Waals surface area (Å²) in [7, 11) is 17.0. The quantitative estimate of drug-likeness (QED) is 0.237. The average molecular weight is 535 g/mol. The van der Waals surface area contributed by atoms with Crippen LogP contribution in [0, 0.1) is 6.92 Å². The van der Waals surface area contributed by atoms with Gasteiger partial charge in [0, 0.05) is 16.7 Å². The largest absolute Gasteiger partial charge is 0.564 e. The van der Waals surface area contributed by atoms with E-state index in [1.54, 1.807) is 12.1 Å². The Kier molecular flexibility index (Phi) is 9.17. The number of hydrogen-bond donors (Lipinski definition) is 0. The number of nitrogens with zero attached hydrogens (tertiary/aromatic N) is 2. The monoisotopic (exact) mass is 532 g/mol. The fourth-order valence-corrected chi connectivity index (χ4v) is 3.78. The predicted octanol–water partition coefficient (Wildman–Crippen LogP) is 8.10. The molecule has 0 saturated carbocycles. The van der Waals surface area contributed by atoms with Crippen LogP contribution in [0.4, 0.5) is 0 Å². The van der Waals surface area contributed by atoms with Crippen molar-refractivity contribution in [2.45, 2.75) is 20.4 Å². The van der Waals surface area contributed by atoms with Crippen LogP contribution < -0.4 is 4.68 Å². The highest BCUT2D eigenvalue weighted by Crippen LogP contribution is 2.31. The first-order valence-electron chi connectivity index (χ1n) is 8.23. The molecule has 0 fully saturated rings. The summed E-state index contributed by atoms with van der Waals surface area (Å²) in [6, 6.07) is 15.8. The van der Waals surface area contributed by atoms with Gasteiger partial charge in [0.15, 0.2) is 0 Å². The van der Waals surface area contributed by atoms with E-state index >= 15 is 0 Å². The third-order valence-corrected chi connectivity index (χ3v) is 4.58. The summed E-state index contributed by atoms with van der Waals surface area (Å²) in [5.41, 5.74) is 4.01. The standard InChI is InChI=1S/C18H16Cl3N2.Al.4ClH/c1-3-22-12(2)9-17(13-7-5-4-6-8-13)23(22)18-15(20)10-14(19)11-16(18)21;;;;;/h4-11H,3H2,1-2H3;;4*1H/q+1;+3;;;;/p-4. The van der Waals surface area contributed by atoms with Crippen LogP contribution >= 0.6 is 75.0 Å². The minimum absolute atomic E-state index is 0.525. The Morgan fingerprint density at radius 1 is 0.893 bits per heavy atom. The van der Waals surface area contributed by atoms with Gasteiger partial charge in [-0.05, 0) is 38.1 Å². The number of aryl methyl sites for hydroxylation is 1. The molecule has 2 nitrogen and oxygen atoms in total. The van der Waals surface area contributed by atoms with Crippen LogP contribution in [0.1, 0.15) is 12.6 Å². The fourth-order valence-electron chi connectivity index (χ4n) is 2.80. The van der Waals surface area contributed by atoms with Crippen LogP contribution in [-0.2, 0) is 6.54 Å². The van der Waals surface area contributed by atoms with Gasteiger partial charge in [-0.2, -0.15) is 4.68 Å². The maximum absolute atomic E-state index is 6.46. The van der Waals surface area contributed by atoms with E-state index in [9.17, 15) is 0 Å². The molecule has 0 unspecified atom stereocenters. The summed E-state index contributed by atoms with van der Waals surface area (Å²) in [6.45, 7) is 4.97. The second kappa shape index (κ2) is 10.5. The zero-order valence-electron chi connectivity index (χ0n) is 14.9. The van der Waals surface area contributed by atoms with E-state index in [2.05, 4.69) is 41.4 Å². The van der Waals surface area contributed by atoms with Gasteiger partial charge in [-0.3, -0.25) is 0 Å². The molecule has 1 heterocycles. The van der Waals surface area contributed by atoms with E-state index in [0.29, 0.717) is 15.1 Å². The van der Waals surface area contributed by atoms with Crippen LogP contribution in [0.25, 0.3) is 16.9 Å². The molecule has 0 amide bonds. The highest BCUT2D eigenvalue weighted by molar-refractivity contribution is 7.81. The van der Waals surface area contributed by atoms with Crippen LogP contribution in [0.5, 0.6) is 0 Å². The second-order valence-electron chi connectivity index (χ2n) is 5.78. The second-order valence-corrected chi connectivity index (χ2v) is 19.9. The molecular weight excluding hydrogens is 519 g/mol. The SMILES string of the molecule is CCn1c(C)cc(-c2ccccc2)[n+]1-c1c(Cl)cc(Cl)cc1Cl.[Cl][Al-]([Cl])([Cl])[Cl]. The number of hydrogen-bond acceptors (Lipinski definition) is 0. The molecule has 0 aliphatic heterocycles. The van der Waals surface area contributed by atoms with Gasteiger partial charge in [0.2, 0.25) is 5.69 Å². The fraction of sp³-hybridized carbons (Fsp3) is 0.167. The molecule has 1 aromatic heterocycles. The lowest BCUT2D eigenvalue weighted by atomic mass is 10.1. The predicted molar refractivity (Wildman–Crippen MR) is 126 cm³/mol.